The predicted octanol–water partition coefficient (Wildman–Crippen LogP) is 2.37. The number of hydrogen-bond donors (Lipinski definition) is 2. The average molecular weight is 265 g/mol. The van der Waals surface area contributed by atoms with E-state index in [0.29, 0.717) is 12.2 Å². The van der Waals surface area contributed by atoms with Crippen LogP contribution in [0.1, 0.15) is 17.0 Å². The summed E-state index contributed by atoms with van der Waals surface area (Å²) in [5.74, 6) is 0.297. The van der Waals surface area contributed by atoms with Gasteiger partial charge in [0, 0.05) is 17.3 Å². The van der Waals surface area contributed by atoms with Crippen molar-refractivity contribution in [1.82, 2.24) is 5.16 Å². The van der Waals surface area contributed by atoms with Gasteiger partial charge in [-0.15, -0.1) is 0 Å². The topological polar surface area (TPSA) is 64.1 Å². The number of thiocarbonyl (C=S) groups is 1. The third-order valence-electron chi connectivity index (χ3n) is 2.38. The van der Waals surface area contributed by atoms with E-state index in [1.807, 2.05) is 13.0 Å². The van der Waals surface area contributed by atoms with Crippen molar-refractivity contribution in [2.75, 3.05) is 5.32 Å². The molecule has 1 aromatic carbocycles. The van der Waals surface area contributed by atoms with E-state index in [2.05, 4.69) is 10.5 Å². The van der Waals surface area contributed by atoms with Crippen LogP contribution >= 0.6 is 12.2 Å². The third kappa shape index (κ3) is 2.84. The largest absolute Gasteiger partial charge is 0.389 e. The average Bonchev–Trinajstić information content (AvgIpc) is 2.72. The monoisotopic (exact) mass is 265 g/mol. The third-order valence-corrected chi connectivity index (χ3v) is 2.60. The number of halogens is 1. The number of nitrogens with one attached hydrogen (secondary N) is 1. The van der Waals surface area contributed by atoms with E-state index in [0.717, 1.165) is 11.5 Å². The van der Waals surface area contributed by atoms with Crippen LogP contribution in [0.4, 0.5) is 10.1 Å². The number of nitrogens with two attached hydrogens (primary N) is 1. The Labute approximate surface area is 109 Å². The second-order valence-electron chi connectivity index (χ2n) is 3.84. The van der Waals surface area contributed by atoms with Crippen molar-refractivity contribution in [2.45, 2.75) is 13.5 Å². The van der Waals surface area contributed by atoms with Crippen LogP contribution < -0.4 is 11.1 Å². The van der Waals surface area contributed by atoms with Crippen LogP contribution in [-0.4, -0.2) is 10.1 Å². The fourth-order valence-electron chi connectivity index (χ4n) is 1.52. The van der Waals surface area contributed by atoms with Gasteiger partial charge in [-0.2, -0.15) is 0 Å². The molecule has 0 amide bonds. The highest BCUT2D eigenvalue weighted by Gasteiger charge is 2.06. The molecule has 0 aliphatic carbocycles. The van der Waals surface area contributed by atoms with Crippen LogP contribution in [0.15, 0.2) is 28.8 Å². The lowest BCUT2D eigenvalue weighted by Crippen LogP contribution is -2.12. The van der Waals surface area contributed by atoms with E-state index in [1.165, 1.54) is 6.07 Å². The van der Waals surface area contributed by atoms with Gasteiger partial charge in [-0.3, -0.25) is 0 Å². The van der Waals surface area contributed by atoms with Crippen LogP contribution in [0, 0.1) is 12.7 Å². The maximum Gasteiger partial charge on any atom is 0.135 e. The number of aryl methyl sites for hydroxylation is 1. The fraction of sp³-hybridized carbons (Fsp3) is 0.167. The van der Waals surface area contributed by atoms with Gasteiger partial charge in [0.05, 0.1) is 6.54 Å². The zero-order valence-corrected chi connectivity index (χ0v) is 10.6. The number of anilines is 1. The fourth-order valence-corrected chi connectivity index (χ4v) is 1.68. The minimum Gasteiger partial charge on any atom is -0.389 e. The molecule has 0 radical (unpaired) electrons. The van der Waals surface area contributed by atoms with Crippen molar-refractivity contribution >= 4 is 22.9 Å². The molecule has 0 atom stereocenters. The number of rotatable bonds is 4. The Morgan fingerprint density at radius 2 is 2.28 bits per heavy atom. The smallest absolute Gasteiger partial charge is 0.135 e. The summed E-state index contributed by atoms with van der Waals surface area (Å²) >= 11 is 4.73. The molecule has 4 nitrogen and oxygen atoms in total. The number of hydrogen-bond acceptors (Lipinski definition) is 4. The molecule has 0 saturated carbocycles. The van der Waals surface area contributed by atoms with Gasteiger partial charge in [0.15, 0.2) is 0 Å². The molecule has 0 saturated heterocycles. The second-order valence-corrected chi connectivity index (χ2v) is 4.28. The van der Waals surface area contributed by atoms with Crippen LogP contribution in [0.3, 0.4) is 0 Å². The van der Waals surface area contributed by atoms with Gasteiger partial charge in [-0.05, 0) is 25.1 Å². The molecule has 0 aliphatic rings. The van der Waals surface area contributed by atoms with E-state index >= 15 is 0 Å². The summed E-state index contributed by atoms with van der Waals surface area (Å²) < 4.78 is 18.5. The number of benzene rings is 1. The Hall–Kier alpha value is -1.95. The summed E-state index contributed by atoms with van der Waals surface area (Å²) in [4.78, 5) is 0.0474. The van der Waals surface area contributed by atoms with Crippen molar-refractivity contribution in [1.29, 1.82) is 0 Å². The van der Waals surface area contributed by atoms with Crippen LogP contribution in [0.2, 0.25) is 0 Å². The van der Waals surface area contributed by atoms with Crippen molar-refractivity contribution in [2.24, 2.45) is 5.73 Å². The van der Waals surface area contributed by atoms with Gasteiger partial charge < -0.3 is 15.6 Å². The molecule has 0 unspecified atom stereocenters. The number of aromatic nitrogens is 1. The van der Waals surface area contributed by atoms with Gasteiger partial charge in [-0.1, -0.05) is 17.4 Å². The summed E-state index contributed by atoms with van der Waals surface area (Å²) in [6.45, 7) is 2.27. The molecule has 2 rings (SSSR count). The number of nitrogens with zero attached hydrogens (tertiary/aromatic N) is 1. The summed E-state index contributed by atoms with van der Waals surface area (Å²) in [6.07, 6.45) is 0. The highest BCUT2D eigenvalue weighted by Crippen LogP contribution is 2.15. The summed E-state index contributed by atoms with van der Waals surface area (Å²) in [5.41, 5.74) is 7.01. The molecule has 0 spiro atoms. The normalized spacial score (nSPS) is 10.3. The van der Waals surface area contributed by atoms with Crippen molar-refractivity contribution in [3.63, 3.8) is 0 Å². The van der Waals surface area contributed by atoms with Crippen LogP contribution in [0.5, 0.6) is 0 Å². The molecular weight excluding hydrogens is 253 g/mol. The van der Waals surface area contributed by atoms with E-state index in [9.17, 15) is 4.39 Å². The minimum absolute atomic E-state index is 0.0474. The molecule has 0 fully saturated rings. The van der Waals surface area contributed by atoms with Gasteiger partial charge in [-0.25, -0.2) is 4.39 Å². The van der Waals surface area contributed by atoms with E-state index in [4.69, 9.17) is 22.5 Å². The maximum absolute atomic E-state index is 13.6. The zero-order valence-electron chi connectivity index (χ0n) is 9.74. The predicted molar refractivity (Wildman–Crippen MR) is 70.9 cm³/mol. The molecule has 3 N–H and O–H groups in total. The molecule has 6 heteroatoms. The Morgan fingerprint density at radius 3 is 2.83 bits per heavy atom. The van der Waals surface area contributed by atoms with Crippen LogP contribution in [-0.2, 0) is 6.54 Å². The van der Waals surface area contributed by atoms with Gasteiger partial charge in [0.2, 0.25) is 0 Å². The minimum atomic E-state index is -0.441. The summed E-state index contributed by atoms with van der Waals surface area (Å²) in [6, 6.07) is 6.42. The van der Waals surface area contributed by atoms with Gasteiger partial charge in [0.1, 0.15) is 22.3 Å². The Morgan fingerprint density at radius 1 is 1.50 bits per heavy atom. The lowest BCUT2D eigenvalue weighted by atomic mass is 10.2. The molecule has 0 bridgehead atoms. The van der Waals surface area contributed by atoms with Crippen molar-refractivity contribution in [3.8, 4) is 0 Å². The first-order valence-corrected chi connectivity index (χ1v) is 5.72. The van der Waals surface area contributed by atoms with Crippen LogP contribution in [0.25, 0.3) is 0 Å². The van der Waals surface area contributed by atoms with E-state index in [1.54, 1.807) is 12.1 Å². The summed E-state index contributed by atoms with van der Waals surface area (Å²) in [5, 5.41) is 6.86. The molecule has 0 aliphatic heterocycles. The lowest BCUT2D eigenvalue weighted by molar-refractivity contribution is 0.391. The SMILES string of the molecule is Cc1cc(CNc2ccc(C(N)=S)c(F)c2)no1. The first-order chi connectivity index (χ1) is 8.56. The molecule has 1 heterocycles. The Bertz CT molecular complexity index is 582. The molecule has 2 aromatic rings. The van der Waals surface area contributed by atoms with E-state index in [-0.39, 0.29) is 10.6 Å². The second kappa shape index (κ2) is 5.14. The molecule has 18 heavy (non-hydrogen) atoms. The standard InChI is InChI=1S/C12H12FN3OS/c1-7-4-9(16-17-7)6-15-8-2-3-10(12(14)18)11(13)5-8/h2-5,15H,6H2,1H3,(H2,14,18). The Balaban J connectivity index is 2.06. The van der Waals surface area contributed by atoms with E-state index < -0.39 is 5.82 Å². The van der Waals surface area contributed by atoms with Gasteiger partial charge >= 0.3 is 0 Å². The van der Waals surface area contributed by atoms with Crippen molar-refractivity contribution < 1.29 is 8.91 Å². The Kier molecular flexibility index (Phi) is 3.57. The zero-order chi connectivity index (χ0) is 13.1. The lowest BCUT2D eigenvalue weighted by Gasteiger charge is -2.06. The maximum atomic E-state index is 13.6. The highest BCUT2D eigenvalue weighted by atomic mass is 32.1. The summed E-state index contributed by atoms with van der Waals surface area (Å²) in [7, 11) is 0. The molecule has 1 aromatic heterocycles. The van der Waals surface area contributed by atoms with Gasteiger partial charge in [0.25, 0.3) is 0 Å². The molecular formula is C12H12FN3OS. The molecule has 94 valence electrons. The first-order valence-electron chi connectivity index (χ1n) is 5.31. The highest BCUT2D eigenvalue weighted by molar-refractivity contribution is 7.80. The first kappa shape index (κ1) is 12.5. The van der Waals surface area contributed by atoms with Crippen molar-refractivity contribution in [3.05, 3.63) is 47.1 Å². The quantitative estimate of drug-likeness (QED) is 0.831.